The van der Waals surface area contributed by atoms with E-state index < -0.39 is 0 Å². The van der Waals surface area contributed by atoms with Crippen LogP contribution in [-0.4, -0.2) is 38.9 Å². The number of pyridine rings is 1. The summed E-state index contributed by atoms with van der Waals surface area (Å²) >= 11 is 1.74. The number of ether oxygens (including phenoxy) is 1. The largest absolute Gasteiger partial charge is 0.496 e. The molecule has 0 N–H and O–H groups in total. The molecule has 2 aliphatic heterocycles. The molecule has 3 atom stereocenters. The Hall–Kier alpha value is -2.61. The Balaban J connectivity index is 1.87. The van der Waals surface area contributed by atoms with Gasteiger partial charge in [0.2, 0.25) is 0 Å². The third kappa shape index (κ3) is 3.03. The van der Waals surface area contributed by atoms with E-state index in [0.717, 1.165) is 28.6 Å². The van der Waals surface area contributed by atoms with E-state index in [9.17, 15) is 10.1 Å². The number of non-ortho nitro benzene ring substituents is 1. The number of aliphatic imine (C=N–C) groups is 1. The Morgan fingerprint density at radius 1 is 1.37 bits per heavy atom. The first-order valence-corrected chi connectivity index (χ1v) is 9.84. The molecule has 1 saturated heterocycles. The van der Waals surface area contributed by atoms with Crippen molar-refractivity contribution in [2.45, 2.75) is 31.5 Å². The van der Waals surface area contributed by atoms with Crippen molar-refractivity contribution in [3.8, 4) is 5.75 Å². The van der Waals surface area contributed by atoms with Crippen molar-refractivity contribution in [2.24, 2.45) is 4.99 Å². The number of aromatic nitrogens is 1. The topological polar surface area (TPSA) is 80.9 Å². The van der Waals surface area contributed by atoms with Gasteiger partial charge in [0.1, 0.15) is 11.8 Å². The van der Waals surface area contributed by atoms with Crippen LogP contribution in [0, 0.1) is 10.1 Å². The van der Waals surface area contributed by atoms with Gasteiger partial charge in [-0.15, -0.1) is 0 Å². The summed E-state index contributed by atoms with van der Waals surface area (Å²) in [6, 6.07) is 10.5. The van der Waals surface area contributed by atoms with Crippen molar-refractivity contribution in [2.75, 3.05) is 12.9 Å². The summed E-state index contributed by atoms with van der Waals surface area (Å²) < 4.78 is 5.57. The van der Waals surface area contributed by atoms with Crippen molar-refractivity contribution in [1.82, 2.24) is 9.88 Å². The van der Waals surface area contributed by atoms with Gasteiger partial charge >= 0.3 is 0 Å². The zero-order valence-electron chi connectivity index (χ0n) is 15.1. The van der Waals surface area contributed by atoms with Crippen molar-refractivity contribution in [3.63, 3.8) is 0 Å². The highest BCUT2D eigenvalue weighted by atomic mass is 32.2. The van der Waals surface area contributed by atoms with Crippen LogP contribution in [0.25, 0.3) is 0 Å². The number of nitro benzene ring substituents is 1. The molecule has 3 heterocycles. The van der Waals surface area contributed by atoms with E-state index >= 15 is 0 Å². The van der Waals surface area contributed by atoms with Crippen molar-refractivity contribution >= 4 is 22.6 Å². The summed E-state index contributed by atoms with van der Waals surface area (Å²) in [6.45, 7) is 2.16. The van der Waals surface area contributed by atoms with Crippen LogP contribution in [0.3, 0.4) is 0 Å². The molecular weight excluding hydrogens is 364 g/mol. The fraction of sp³-hybridized carbons (Fsp3) is 0.368. The Bertz CT molecular complexity index is 890. The number of thioether (sulfide) groups is 1. The van der Waals surface area contributed by atoms with Gasteiger partial charge in [-0.05, 0) is 24.6 Å². The molecular formula is C19H20N4O3S. The molecule has 4 rings (SSSR count). The second-order valence-corrected chi connectivity index (χ2v) is 7.51. The minimum Gasteiger partial charge on any atom is -0.496 e. The monoisotopic (exact) mass is 384 g/mol. The van der Waals surface area contributed by atoms with Crippen molar-refractivity contribution < 1.29 is 9.66 Å². The van der Waals surface area contributed by atoms with E-state index in [-0.39, 0.29) is 22.7 Å². The molecule has 2 aromatic rings. The summed E-state index contributed by atoms with van der Waals surface area (Å²) in [7, 11) is 1.59. The van der Waals surface area contributed by atoms with Crippen LogP contribution in [0.4, 0.5) is 5.69 Å². The number of methoxy groups -OCH3 is 1. The molecule has 1 aromatic carbocycles. The van der Waals surface area contributed by atoms with Gasteiger partial charge < -0.3 is 9.64 Å². The molecule has 7 nitrogen and oxygen atoms in total. The molecule has 0 radical (unpaired) electrons. The Morgan fingerprint density at radius 3 is 2.89 bits per heavy atom. The molecule has 0 saturated carbocycles. The summed E-state index contributed by atoms with van der Waals surface area (Å²) in [4.78, 5) is 22.8. The van der Waals surface area contributed by atoms with Gasteiger partial charge in [-0.2, -0.15) is 0 Å². The van der Waals surface area contributed by atoms with Gasteiger partial charge in [-0.1, -0.05) is 24.8 Å². The first kappa shape index (κ1) is 17.8. The number of benzene rings is 1. The highest BCUT2D eigenvalue weighted by molar-refractivity contribution is 8.14. The van der Waals surface area contributed by atoms with Gasteiger partial charge in [0, 0.05) is 35.7 Å². The minimum absolute atomic E-state index is 0.0546. The van der Waals surface area contributed by atoms with Crippen molar-refractivity contribution in [3.05, 3.63) is 64.0 Å². The standard InChI is InChI=1S/C19H20N4O3S/c1-3-12-11-27-19-21-17(15-6-4-5-9-20-15)18(22(12)19)14-10-13(23(24)25)7-8-16(14)26-2/h4-10,12,17-18H,3,11H2,1-2H3/t12-,17-,18+/m1/s1. The maximum atomic E-state index is 11.4. The Labute approximate surface area is 161 Å². The first-order chi connectivity index (χ1) is 13.1. The molecule has 0 bridgehead atoms. The fourth-order valence-electron chi connectivity index (χ4n) is 3.75. The van der Waals surface area contributed by atoms with Gasteiger partial charge in [0.15, 0.2) is 5.17 Å². The number of nitro groups is 1. The highest BCUT2D eigenvalue weighted by Crippen LogP contribution is 2.50. The molecule has 140 valence electrons. The zero-order valence-corrected chi connectivity index (χ0v) is 15.9. The van der Waals surface area contributed by atoms with Crippen LogP contribution in [0.2, 0.25) is 0 Å². The van der Waals surface area contributed by atoms with Crippen LogP contribution in [0.5, 0.6) is 5.75 Å². The predicted octanol–water partition coefficient (Wildman–Crippen LogP) is 3.98. The third-order valence-electron chi connectivity index (χ3n) is 5.07. The van der Waals surface area contributed by atoms with Crippen LogP contribution >= 0.6 is 11.8 Å². The SMILES string of the molecule is CC[C@@H]1CSC2=N[C@H](c3ccccn3)[C@H](c3cc([N+](=O)[O-])ccc3OC)N21. The lowest BCUT2D eigenvalue weighted by molar-refractivity contribution is -0.385. The minimum atomic E-state index is -0.370. The zero-order chi connectivity index (χ0) is 19.0. The third-order valence-corrected chi connectivity index (χ3v) is 6.20. The average molecular weight is 384 g/mol. The lowest BCUT2D eigenvalue weighted by atomic mass is 9.94. The van der Waals surface area contributed by atoms with E-state index in [1.165, 1.54) is 6.07 Å². The van der Waals surface area contributed by atoms with Gasteiger partial charge in [-0.3, -0.25) is 20.1 Å². The van der Waals surface area contributed by atoms with Gasteiger partial charge in [-0.25, -0.2) is 0 Å². The smallest absolute Gasteiger partial charge is 0.270 e. The summed E-state index contributed by atoms with van der Waals surface area (Å²) in [5, 5.41) is 12.4. The number of fused-ring (bicyclic) bond motifs is 1. The average Bonchev–Trinajstić information content (AvgIpc) is 3.27. The van der Waals surface area contributed by atoms with Crippen LogP contribution in [0.15, 0.2) is 47.6 Å². The number of hydrogen-bond donors (Lipinski definition) is 0. The molecule has 0 spiro atoms. The second kappa shape index (κ2) is 7.19. The van der Waals surface area contributed by atoms with Crippen LogP contribution in [-0.2, 0) is 0 Å². The lowest BCUT2D eigenvalue weighted by Crippen LogP contribution is -2.35. The van der Waals surface area contributed by atoms with Gasteiger partial charge in [0.25, 0.3) is 5.69 Å². The number of hydrogen-bond acceptors (Lipinski definition) is 7. The molecule has 27 heavy (non-hydrogen) atoms. The summed E-state index contributed by atoms with van der Waals surface area (Å²) in [6.07, 6.45) is 2.74. The number of nitrogens with zero attached hydrogens (tertiary/aromatic N) is 4. The summed E-state index contributed by atoms with van der Waals surface area (Å²) in [5.41, 5.74) is 1.69. The van der Waals surface area contributed by atoms with E-state index in [4.69, 9.17) is 9.73 Å². The highest BCUT2D eigenvalue weighted by Gasteiger charge is 2.46. The maximum Gasteiger partial charge on any atom is 0.270 e. The molecule has 1 fully saturated rings. The van der Waals surface area contributed by atoms with E-state index in [2.05, 4.69) is 16.8 Å². The van der Waals surface area contributed by atoms with E-state index in [1.807, 2.05) is 18.2 Å². The summed E-state index contributed by atoms with van der Waals surface area (Å²) in [5.74, 6) is 1.60. The molecule has 2 aliphatic rings. The molecule has 0 amide bonds. The number of rotatable bonds is 5. The van der Waals surface area contributed by atoms with E-state index in [1.54, 1.807) is 37.2 Å². The molecule has 0 unspecified atom stereocenters. The normalized spacial score (nSPS) is 23.9. The molecule has 0 aliphatic carbocycles. The van der Waals surface area contributed by atoms with E-state index in [0.29, 0.717) is 11.8 Å². The fourth-order valence-corrected chi connectivity index (χ4v) is 5.09. The lowest BCUT2D eigenvalue weighted by Gasteiger charge is -2.32. The Kier molecular flexibility index (Phi) is 4.73. The first-order valence-electron chi connectivity index (χ1n) is 8.86. The van der Waals surface area contributed by atoms with Gasteiger partial charge in [0.05, 0.1) is 23.8 Å². The van der Waals surface area contributed by atoms with Crippen LogP contribution in [0.1, 0.15) is 36.7 Å². The van der Waals surface area contributed by atoms with Crippen LogP contribution < -0.4 is 4.74 Å². The van der Waals surface area contributed by atoms with Crippen molar-refractivity contribution in [1.29, 1.82) is 0 Å². The molecule has 1 aromatic heterocycles. The Morgan fingerprint density at radius 2 is 2.22 bits per heavy atom. The quantitative estimate of drug-likeness (QED) is 0.573. The second-order valence-electron chi connectivity index (χ2n) is 6.52. The maximum absolute atomic E-state index is 11.4. The predicted molar refractivity (Wildman–Crippen MR) is 105 cm³/mol. The molecule has 8 heteroatoms. The number of amidine groups is 1.